The lowest BCUT2D eigenvalue weighted by Gasteiger charge is -2.16. The molecular weight excluding hydrogens is 326 g/mol. The Labute approximate surface area is 105 Å². The molecule has 1 aromatic carbocycles. The van der Waals surface area contributed by atoms with Crippen molar-refractivity contribution in [2.45, 2.75) is 6.54 Å². The Morgan fingerprint density at radius 3 is 2.40 bits per heavy atom. The number of hydrogen-bond donors (Lipinski definition) is 1. The minimum Gasteiger partial charge on any atom is -0.480 e. The van der Waals surface area contributed by atoms with Gasteiger partial charge in [0.05, 0.1) is 6.54 Å². The van der Waals surface area contributed by atoms with Crippen molar-refractivity contribution in [1.29, 1.82) is 0 Å². The number of benzene rings is 1. The predicted octanol–water partition coefficient (Wildman–Crippen LogP) is 2.73. The molecule has 1 N–H and O–H groups in total. The van der Waals surface area contributed by atoms with Crippen molar-refractivity contribution >= 4 is 37.8 Å². The number of rotatable bonds is 4. The first-order valence-corrected chi connectivity index (χ1v) is 5.92. The Morgan fingerprint density at radius 2 is 1.93 bits per heavy atom. The number of nitrogens with zero attached hydrogens (tertiary/aromatic N) is 1. The summed E-state index contributed by atoms with van der Waals surface area (Å²) in [5.74, 6) is -0.819. The molecule has 0 saturated carbocycles. The topological polar surface area (TPSA) is 40.5 Å². The lowest BCUT2D eigenvalue weighted by atomic mass is 10.2. The van der Waals surface area contributed by atoms with Crippen molar-refractivity contribution in [3.8, 4) is 0 Å². The number of carboxylic acid groups (broad SMARTS) is 1. The quantitative estimate of drug-likeness (QED) is 0.919. The zero-order valence-electron chi connectivity index (χ0n) is 8.20. The normalized spacial score (nSPS) is 10.7. The smallest absolute Gasteiger partial charge is 0.317 e. The van der Waals surface area contributed by atoms with Gasteiger partial charge in [-0.15, -0.1) is 0 Å². The Kier molecular flexibility index (Phi) is 4.76. The van der Waals surface area contributed by atoms with E-state index in [1.165, 1.54) is 0 Å². The molecule has 0 unspecified atom stereocenters. The second-order valence-corrected chi connectivity index (χ2v) is 4.97. The van der Waals surface area contributed by atoms with Gasteiger partial charge in [0.15, 0.2) is 0 Å². The lowest BCUT2D eigenvalue weighted by molar-refractivity contribution is -0.138. The van der Waals surface area contributed by atoms with Gasteiger partial charge in [-0.1, -0.05) is 37.9 Å². The van der Waals surface area contributed by atoms with E-state index in [1.54, 1.807) is 11.9 Å². The highest BCUT2D eigenvalue weighted by Crippen LogP contribution is 2.25. The van der Waals surface area contributed by atoms with Gasteiger partial charge in [-0.05, 0) is 24.7 Å². The SMILES string of the molecule is CN(CC(=O)O)Cc1c(Br)cccc1Br. The van der Waals surface area contributed by atoms with Crippen LogP contribution in [0.15, 0.2) is 27.1 Å². The number of aliphatic carboxylic acids is 1. The molecular formula is C10H11Br2NO2. The molecule has 0 spiro atoms. The second-order valence-electron chi connectivity index (χ2n) is 3.27. The molecule has 0 aliphatic carbocycles. The fourth-order valence-electron chi connectivity index (χ4n) is 1.24. The monoisotopic (exact) mass is 335 g/mol. The summed E-state index contributed by atoms with van der Waals surface area (Å²) in [6, 6.07) is 5.80. The molecule has 0 atom stereocenters. The molecule has 0 aliphatic heterocycles. The molecule has 0 aromatic heterocycles. The average Bonchev–Trinajstić information content (AvgIpc) is 2.10. The van der Waals surface area contributed by atoms with E-state index in [2.05, 4.69) is 31.9 Å². The van der Waals surface area contributed by atoms with Crippen molar-refractivity contribution in [2.75, 3.05) is 13.6 Å². The van der Waals surface area contributed by atoms with Gasteiger partial charge in [-0.3, -0.25) is 9.69 Å². The number of carbonyl (C=O) groups is 1. The molecule has 0 bridgehead atoms. The van der Waals surface area contributed by atoms with E-state index in [0.717, 1.165) is 14.5 Å². The van der Waals surface area contributed by atoms with Crippen LogP contribution in [0.4, 0.5) is 0 Å². The Balaban J connectivity index is 2.76. The number of hydrogen-bond acceptors (Lipinski definition) is 2. The molecule has 0 aliphatic rings. The van der Waals surface area contributed by atoms with Gasteiger partial charge in [0.1, 0.15) is 0 Å². The summed E-state index contributed by atoms with van der Waals surface area (Å²) in [5.41, 5.74) is 1.06. The van der Waals surface area contributed by atoms with Crippen molar-refractivity contribution in [3.63, 3.8) is 0 Å². The van der Waals surface area contributed by atoms with Crippen LogP contribution >= 0.6 is 31.9 Å². The summed E-state index contributed by atoms with van der Waals surface area (Å²) in [5, 5.41) is 8.64. The Bertz CT molecular complexity index is 348. The third kappa shape index (κ3) is 3.93. The number of carboxylic acids is 1. The summed E-state index contributed by atoms with van der Waals surface area (Å²) in [7, 11) is 1.78. The molecule has 0 fully saturated rings. The lowest BCUT2D eigenvalue weighted by Crippen LogP contribution is -2.25. The first kappa shape index (κ1) is 12.7. The molecule has 0 heterocycles. The van der Waals surface area contributed by atoms with Gasteiger partial charge >= 0.3 is 5.97 Å². The minimum absolute atomic E-state index is 0.0355. The van der Waals surface area contributed by atoms with Crippen LogP contribution in [0, 0.1) is 0 Å². The molecule has 3 nitrogen and oxygen atoms in total. The van der Waals surface area contributed by atoms with E-state index in [0.29, 0.717) is 6.54 Å². The Morgan fingerprint density at radius 1 is 1.40 bits per heavy atom. The van der Waals surface area contributed by atoms with Gasteiger partial charge in [0.2, 0.25) is 0 Å². The van der Waals surface area contributed by atoms with Crippen LogP contribution in [0.1, 0.15) is 5.56 Å². The van der Waals surface area contributed by atoms with E-state index in [4.69, 9.17) is 5.11 Å². The summed E-state index contributed by atoms with van der Waals surface area (Å²) in [6.07, 6.45) is 0. The first-order valence-electron chi connectivity index (χ1n) is 4.34. The van der Waals surface area contributed by atoms with Crippen molar-refractivity contribution < 1.29 is 9.90 Å². The number of halogens is 2. The molecule has 5 heteroatoms. The summed E-state index contributed by atoms with van der Waals surface area (Å²) < 4.78 is 1.96. The van der Waals surface area contributed by atoms with Crippen molar-refractivity contribution in [3.05, 3.63) is 32.7 Å². The van der Waals surface area contributed by atoms with Gasteiger partial charge in [0, 0.05) is 15.5 Å². The van der Waals surface area contributed by atoms with Crippen LogP contribution in [-0.2, 0) is 11.3 Å². The van der Waals surface area contributed by atoms with Crippen molar-refractivity contribution in [2.24, 2.45) is 0 Å². The fraction of sp³-hybridized carbons (Fsp3) is 0.300. The average molecular weight is 337 g/mol. The first-order chi connectivity index (χ1) is 7.00. The maximum Gasteiger partial charge on any atom is 0.317 e. The van der Waals surface area contributed by atoms with Crippen LogP contribution in [0.5, 0.6) is 0 Å². The maximum absolute atomic E-state index is 10.5. The largest absolute Gasteiger partial charge is 0.480 e. The summed E-state index contributed by atoms with van der Waals surface area (Å²) >= 11 is 6.88. The third-order valence-corrected chi connectivity index (χ3v) is 3.38. The van der Waals surface area contributed by atoms with Crippen LogP contribution in [0.25, 0.3) is 0 Å². The molecule has 0 amide bonds. The second kappa shape index (κ2) is 5.63. The fourth-order valence-corrected chi connectivity index (χ4v) is 2.49. The molecule has 1 aromatic rings. The highest BCUT2D eigenvalue weighted by molar-refractivity contribution is 9.11. The molecule has 0 radical (unpaired) electrons. The molecule has 15 heavy (non-hydrogen) atoms. The highest BCUT2D eigenvalue weighted by Gasteiger charge is 2.09. The Hall–Kier alpha value is -0.390. The molecule has 1 rings (SSSR count). The summed E-state index contributed by atoms with van der Waals surface area (Å²) in [4.78, 5) is 12.2. The maximum atomic E-state index is 10.5. The van der Waals surface area contributed by atoms with E-state index >= 15 is 0 Å². The minimum atomic E-state index is -0.819. The van der Waals surface area contributed by atoms with Gasteiger partial charge in [-0.2, -0.15) is 0 Å². The number of likely N-dealkylation sites (N-methyl/N-ethyl adjacent to an activating group) is 1. The van der Waals surface area contributed by atoms with E-state index in [9.17, 15) is 4.79 Å². The molecule has 82 valence electrons. The molecule has 0 saturated heterocycles. The highest BCUT2D eigenvalue weighted by atomic mass is 79.9. The zero-order chi connectivity index (χ0) is 11.4. The van der Waals surface area contributed by atoms with Crippen LogP contribution in [0.2, 0.25) is 0 Å². The van der Waals surface area contributed by atoms with Crippen LogP contribution in [0.3, 0.4) is 0 Å². The van der Waals surface area contributed by atoms with E-state index < -0.39 is 5.97 Å². The van der Waals surface area contributed by atoms with Crippen LogP contribution < -0.4 is 0 Å². The third-order valence-electron chi connectivity index (χ3n) is 1.89. The van der Waals surface area contributed by atoms with Crippen LogP contribution in [-0.4, -0.2) is 29.6 Å². The standard InChI is InChI=1S/C10H11Br2NO2/c1-13(6-10(14)15)5-7-8(11)3-2-4-9(7)12/h2-4H,5-6H2,1H3,(H,14,15). The summed E-state index contributed by atoms with van der Waals surface area (Å²) in [6.45, 7) is 0.627. The zero-order valence-corrected chi connectivity index (χ0v) is 11.4. The van der Waals surface area contributed by atoms with E-state index in [1.807, 2.05) is 18.2 Å². The van der Waals surface area contributed by atoms with Gasteiger partial charge < -0.3 is 5.11 Å². The predicted molar refractivity (Wildman–Crippen MR) is 65.8 cm³/mol. The van der Waals surface area contributed by atoms with Crippen molar-refractivity contribution in [1.82, 2.24) is 4.90 Å². The van der Waals surface area contributed by atoms with Gasteiger partial charge in [-0.25, -0.2) is 0 Å². The van der Waals surface area contributed by atoms with E-state index in [-0.39, 0.29) is 6.54 Å². The van der Waals surface area contributed by atoms with Gasteiger partial charge in [0.25, 0.3) is 0 Å².